The van der Waals surface area contributed by atoms with E-state index >= 15 is 0 Å². The molecule has 2 heterocycles. The van der Waals surface area contributed by atoms with E-state index in [2.05, 4.69) is 31.5 Å². The second kappa shape index (κ2) is 9.25. The van der Waals surface area contributed by atoms with Gasteiger partial charge >= 0.3 is 0 Å². The van der Waals surface area contributed by atoms with Crippen molar-refractivity contribution in [3.05, 3.63) is 56.0 Å². The third kappa shape index (κ3) is 5.47. The van der Waals surface area contributed by atoms with E-state index < -0.39 is 0 Å². The van der Waals surface area contributed by atoms with Crippen LogP contribution in [-0.4, -0.2) is 23.3 Å². The molecule has 0 bridgehead atoms. The zero-order valence-corrected chi connectivity index (χ0v) is 17.8. The van der Waals surface area contributed by atoms with Crippen molar-refractivity contribution in [2.24, 2.45) is 0 Å². The summed E-state index contributed by atoms with van der Waals surface area (Å²) < 4.78 is 1.01. The summed E-state index contributed by atoms with van der Waals surface area (Å²) in [7, 11) is 0. The number of amides is 2. The van der Waals surface area contributed by atoms with E-state index in [1.54, 1.807) is 11.4 Å². The number of aromatic nitrogens is 1. The summed E-state index contributed by atoms with van der Waals surface area (Å²) in [6, 6.07) is 9.70. The third-order valence-corrected chi connectivity index (χ3v) is 5.91. The van der Waals surface area contributed by atoms with E-state index in [1.807, 2.05) is 36.6 Å². The van der Waals surface area contributed by atoms with Crippen molar-refractivity contribution in [2.45, 2.75) is 19.8 Å². The van der Waals surface area contributed by atoms with Gasteiger partial charge in [0, 0.05) is 38.8 Å². The summed E-state index contributed by atoms with van der Waals surface area (Å²) in [5.41, 5.74) is 2.55. The minimum absolute atomic E-state index is 0.101. The zero-order valence-electron chi connectivity index (χ0n) is 14.6. The van der Waals surface area contributed by atoms with Crippen LogP contribution in [0.2, 0.25) is 0 Å². The summed E-state index contributed by atoms with van der Waals surface area (Å²) >= 11 is 6.37. The summed E-state index contributed by atoms with van der Waals surface area (Å²) in [5, 5.41) is 9.92. The Balaban J connectivity index is 1.47. The molecule has 3 aromatic rings. The predicted molar refractivity (Wildman–Crippen MR) is 115 cm³/mol. The van der Waals surface area contributed by atoms with Crippen molar-refractivity contribution >= 4 is 55.5 Å². The van der Waals surface area contributed by atoms with Crippen LogP contribution in [0.15, 0.2) is 45.6 Å². The molecule has 0 radical (unpaired) electrons. The first kappa shape index (κ1) is 19.7. The highest BCUT2D eigenvalue weighted by molar-refractivity contribution is 9.10. The predicted octanol–water partition coefficient (Wildman–Crippen LogP) is 5.09. The first-order chi connectivity index (χ1) is 13.0. The second-order valence-corrected chi connectivity index (χ2v) is 8.75. The molecule has 2 N–H and O–H groups in total. The van der Waals surface area contributed by atoms with Crippen LogP contribution in [0.4, 0.5) is 5.13 Å². The lowest BCUT2D eigenvalue weighted by molar-refractivity contribution is -0.116. The number of nitrogens with zero attached hydrogens (tertiary/aromatic N) is 1. The summed E-state index contributed by atoms with van der Waals surface area (Å²) in [6.07, 6.45) is 0.905. The van der Waals surface area contributed by atoms with E-state index in [0.29, 0.717) is 30.1 Å². The number of benzene rings is 1. The molecule has 0 aliphatic rings. The third-order valence-electron chi connectivity index (χ3n) is 3.81. The Morgan fingerprint density at radius 2 is 1.96 bits per heavy atom. The van der Waals surface area contributed by atoms with Crippen molar-refractivity contribution in [1.82, 2.24) is 10.3 Å². The molecule has 0 fully saturated rings. The van der Waals surface area contributed by atoms with Crippen LogP contribution in [0, 0.1) is 6.92 Å². The maximum atomic E-state index is 12.1. The van der Waals surface area contributed by atoms with E-state index in [4.69, 9.17) is 0 Å². The van der Waals surface area contributed by atoms with Gasteiger partial charge in [-0.05, 0) is 36.9 Å². The first-order valence-corrected chi connectivity index (χ1v) is 10.9. The van der Waals surface area contributed by atoms with Crippen molar-refractivity contribution in [2.75, 3.05) is 11.9 Å². The maximum Gasteiger partial charge on any atom is 0.252 e. The minimum Gasteiger partial charge on any atom is -0.352 e. The molecule has 0 aliphatic carbocycles. The Morgan fingerprint density at radius 3 is 2.67 bits per heavy atom. The monoisotopic (exact) mass is 463 g/mol. The largest absolute Gasteiger partial charge is 0.352 e. The highest BCUT2D eigenvalue weighted by atomic mass is 79.9. The Labute approximate surface area is 174 Å². The van der Waals surface area contributed by atoms with E-state index in [-0.39, 0.29) is 11.8 Å². The SMILES string of the molecule is Cc1sc(NC(=O)CCCNC(=O)c2ccsc2)nc1-c1ccc(Br)cc1. The molecule has 0 atom stereocenters. The van der Waals surface area contributed by atoms with E-state index in [0.717, 1.165) is 20.6 Å². The average Bonchev–Trinajstić information content (AvgIpc) is 3.29. The quantitative estimate of drug-likeness (QED) is 0.479. The minimum atomic E-state index is -0.105. The molecule has 1 aromatic carbocycles. The first-order valence-electron chi connectivity index (χ1n) is 8.36. The van der Waals surface area contributed by atoms with Gasteiger partial charge in [-0.2, -0.15) is 11.3 Å². The van der Waals surface area contributed by atoms with Gasteiger partial charge in [0.15, 0.2) is 5.13 Å². The number of halogens is 1. The number of nitrogens with one attached hydrogen (secondary N) is 2. The van der Waals surface area contributed by atoms with Crippen molar-refractivity contribution in [1.29, 1.82) is 0 Å². The lowest BCUT2D eigenvalue weighted by atomic mass is 10.1. The highest BCUT2D eigenvalue weighted by Crippen LogP contribution is 2.31. The van der Waals surface area contributed by atoms with Crippen LogP contribution < -0.4 is 10.6 Å². The van der Waals surface area contributed by atoms with Crippen LogP contribution in [0.25, 0.3) is 11.3 Å². The molecule has 0 saturated carbocycles. The lowest BCUT2D eigenvalue weighted by Crippen LogP contribution is -2.25. The molecule has 3 rings (SSSR count). The van der Waals surface area contributed by atoms with E-state index in [1.165, 1.54) is 22.7 Å². The van der Waals surface area contributed by atoms with Gasteiger partial charge in [-0.25, -0.2) is 4.98 Å². The molecular formula is C19H18BrN3O2S2. The number of carbonyl (C=O) groups excluding carboxylic acids is 2. The molecule has 2 aromatic heterocycles. The fourth-order valence-electron chi connectivity index (χ4n) is 2.45. The highest BCUT2D eigenvalue weighted by Gasteiger charge is 2.12. The Morgan fingerprint density at radius 1 is 1.19 bits per heavy atom. The number of carbonyl (C=O) groups is 2. The average molecular weight is 464 g/mol. The van der Waals surface area contributed by atoms with Gasteiger partial charge in [0.05, 0.1) is 5.69 Å². The number of hydrogen-bond donors (Lipinski definition) is 2. The van der Waals surface area contributed by atoms with Gasteiger partial charge in [-0.3, -0.25) is 9.59 Å². The molecule has 2 amide bonds. The van der Waals surface area contributed by atoms with Crippen LogP contribution in [0.3, 0.4) is 0 Å². The van der Waals surface area contributed by atoms with Gasteiger partial charge in [0.2, 0.25) is 5.91 Å². The van der Waals surface area contributed by atoms with Crippen molar-refractivity contribution in [3.63, 3.8) is 0 Å². The number of hydrogen-bond acceptors (Lipinski definition) is 5. The fraction of sp³-hybridized carbons (Fsp3) is 0.211. The number of anilines is 1. The van der Waals surface area contributed by atoms with Crippen LogP contribution in [0.1, 0.15) is 28.1 Å². The summed E-state index contributed by atoms with van der Waals surface area (Å²) in [4.78, 5) is 29.5. The molecular weight excluding hydrogens is 446 g/mol. The molecule has 5 nitrogen and oxygen atoms in total. The Kier molecular flexibility index (Phi) is 6.76. The van der Waals surface area contributed by atoms with Gasteiger partial charge in [0.25, 0.3) is 5.91 Å². The molecule has 0 unspecified atom stereocenters. The van der Waals surface area contributed by atoms with Crippen molar-refractivity contribution < 1.29 is 9.59 Å². The summed E-state index contributed by atoms with van der Waals surface area (Å²) in [5.74, 6) is -0.206. The molecule has 140 valence electrons. The fourth-order valence-corrected chi connectivity index (χ4v) is 4.21. The van der Waals surface area contributed by atoms with Crippen molar-refractivity contribution in [3.8, 4) is 11.3 Å². The van der Waals surface area contributed by atoms with Crippen LogP contribution in [-0.2, 0) is 4.79 Å². The standard InChI is InChI=1S/C19H18BrN3O2S2/c1-12-17(13-4-6-15(20)7-5-13)23-19(27-12)22-16(24)3-2-9-21-18(25)14-8-10-26-11-14/h4-8,10-11H,2-3,9H2,1H3,(H,21,25)(H,22,23,24). The van der Waals surface area contributed by atoms with Gasteiger partial charge in [0.1, 0.15) is 0 Å². The number of aryl methyl sites for hydroxylation is 1. The van der Waals surface area contributed by atoms with Crippen LogP contribution >= 0.6 is 38.6 Å². The number of rotatable bonds is 7. The number of thiophene rings is 1. The molecule has 0 spiro atoms. The summed E-state index contributed by atoms with van der Waals surface area (Å²) in [6.45, 7) is 2.45. The topological polar surface area (TPSA) is 71.1 Å². The van der Waals surface area contributed by atoms with Crippen LogP contribution in [0.5, 0.6) is 0 Å². The maximum absolute atomic E-state index is 12.1. The Hall–Kier alpha value is -2.03. The van der Waals surface area contributed by atoms with Gasteiger partial charge in [-0.1, -0.05) is 28.1 Å². The van der Waals surface area contributed by atoms with Gasteiger partial charge < -0.3 is 10.6 Å². The molecule has 0 saturated heterocycles. The number of thiazole rings is 1. The zero-order chi connectivity index (χ0) is 19.2. The second-order valence-electron chi connectivity index (χ2n) is 5.85. The normalized spacial score (nSPS) is 10.6. The molecule has 0 aliphatic heterocycles. The van der Waals surface area contributed by atoms with E-state index in [9.17, 15) is 9.59 Å². The van der Waals surface area contributed by atoms with Gasteiger partial charge in [-0.15, -0.1) is 11.3 Å². The molecule has 27 heavy (non-hydrogen) atoms. The Bertz CT molecular complexity index is 921. The smallest absolute Gasteiger partial charge is 0.252 e. The lowest BCUT2D eigenvalue weighted by Gasteiger charge is -2.04. The molecule has 8 heteroatoms.